The zero-order valence-corrected chi connectivity index (χ0v) is 17.8. The average molecular weight is 431 g/mol. The third-order valence-corrected chi connectivity index (χ3v) is 6.15. The standard InChI is InChI=1S/C25H26N4O3/c30-24(32-19-8-7-18-4-3-12-26-22(18)16-19)9-13-29-14-10-25(31,11-15-29)23-17-27-20-5-1-2-6-21(20)28-23/h1-8,12,16-17,24,30-31H,9-11,13-15H2. The molecule has 1 saturated heterocycles. The molecule has 1 fully saturated rings. The quantitative estimate of drug-likeness (QED) is 0.454. The number of piperidine rings is 1. The van der Waals surface area contributed by atoms with Gasteiger partial charge in [0.1, 0.15) is 11.4 Å². The topological polar surface area (TPSA) is 91.6 Å². The second kappa shape index (κ2) is 8.78. The van der Waals surface area contributed by atoms with E-state index in [4.69, 9.17) is 4.74 Å². The van der Waals surface area contributed by atoms with Gasteiger partial charge in [0, 0.05) is 43.7 Å². The summed E-state index contributed by atoms with van der Waals surface area (Å²) in [5, 5.41) is 22.6. The van der Waals surface area contributed by atoms with E-state index in [0.29, 0.717) is 37.3 Å². The predicted octanol–water partition coefficient (Wildman–Crippen LogP) is 3.25. The highest BCUT2D eigenvalue weighted by Gasteiger charge is 2.35. The highest BCUT2D eigenvalue weighted by molar-refractivity contribution is 5.79. The number of aromatic nitrogens is 3. The zero-order chi connectivity index (χ0) is 22.0. The summed E-state index contributed by atoms with van der Waals surface area (Å²) in [6.45, 7) is 2.13. The molecule has 1 atom stereocenters. The molecule has 7 nitrogen and oxygen atoms in total. The number of pyridine rings is 1. The van der Waals surface area contributed by atoms with Crippen LogP contribution in [0.15, 0.2) is 67.0 Å². The summed E-state index contributed by atoms with van der Waals surface area (Å²) < 4.78 is 5.69. The summed E-state index contributed by atoms with van der Waals surface area (Å²) in [6, 6.07) is 17.2. The second-order valence-electron chi connectivity index (χ2n) is 8.34. The number of hydrogen-bond acceptors (Lipinski definition) is 7. The molecule has 7 heteroatoms. The zero-order valence-electron chi connectivity index (χ0n) is 17.8. The number of fused-ring (bicyclic) bond motifs is 2. The van der Waals surface area contributed by atoms with Crippen LogP contribution >= 0.6 is 0 Å². The lowest BCUT2D eigenvalue weighted by Gasteiger charge is -2.37. The smallest absolute Gasteiger partial charge is 0.198 e. The molecule has 0 aliphatic carbocycles. The molecule has 4 aromatic rings. The van der Waals surface area contributed by atoms with Crippen LogP contribution in [-0.4, -0.2) is 56.0 Å². The number of rotatable bonds is 6. The Labute approximate surface area is 186 Å². The average Bonchev–Trinajstić information content (AvgIpc) is 2.83. The van der Waals surface area contributed by atoms with Crippen molar-refractivity contribution < 1.29 is 14.9 Å². The first-order valence-electron chi connectivity index (χ1n) is 11.0. The van der Waals surface area contributed by atoms with E-state index in [-0.39, 0.29) is 0 Å². The number of ether oxygens (including phenoxy) is 1. The van der Waals surface area contributed by atoms with Crippen molar-refractivity contribution in [2.24, 2.45) is 0 Å². The fraction of sp³-hybridized carbons (Fsp3) is 0.320. The lowest BCUT2D eigenvalue weighted by molar-refractivity contribution is -0.0491. The van der Waals surface area contributed by atoms with E-state index in [0.717, 1.165) is 35.0 Å². The van der Waals surface area contributed by atoms with Crippen LogP contribution in [-0.2, 0) is 5.60 Å². The number of hydrogen-bond donors (Lipinski definition) is 2. The van der Waals surface area contributed by atoms with Crippen LogP contribution in [0.5, 0.6) is 5.75 Å². The second-order valence-corrected chi connectivity index (χ2v) is 8.34. The Morgan fingerprint density at radius 2 is 1.78 bits per heavy atom. The van der Waals surface area contributed by atoms with Gasteiger partial charge in [-0.1, -0.05) is 18.2 Å². The fourth-order valence-corrected chi connectivity index (χ4v) is 4.21. The summed E-state index contributed by atoms with van der Waals surface area (Å²) in [6.07, 6.45) is 4.16. The van der Waals surface area contributed by atoms with E-state index >= 15 is 0 Å². The largest absolute Gasteiger partial charge is 0.465 e. The van der Waals surface area contributed by atoms with Crippen molar-refractivity contribution in [1.82, 2.24) is 19.9 Å². The lowest BCUT2D eigenvalue weighted by atomic mass is 9.88. The van der Waals surface area contributed by atoms with Gasteiger partial charge in [0.25, 0.3) is 0 Å². The highest BCUT2D eigenvalue weighted by Crippen LogP contribution is 2.32. The van der Waals surface area contributed by atoms with Gasteiger partial charge >= 0.3 is 0 Å². The normalized spacial score (nSPS) is 17.4. The molecule has 3 heterocycles. The van der Waals surface area contributed by atoms with Crippen molar-refractivity contribution >= 4 is 21.9 Å². The van der Waals surface area contributed by atoms with Gasteiger partial charge in [-0.3, -0.25) is 9.97 Å². The minimum absolute atomic E-state index is 0.481. The van der Waals surface area contributed by atoms with Crippen molar-refractivity contribution in [3.8, 4) is 5.75 Å². The molecule has 0 amide bonds. The number of benzene rings is 2. The number of nitrogens with zero attached hydrogens (tertiary/aromatic N) is 4. The van der Waals surface area contributed by atoms with Gasteiger partial charge < -0.3 is 19.8 Å². The molecule has 2 N–H and O–H groups in total. The molecule has 2 aromatic carbocycles. The summed E-state index contributed by atoms with van der Waals surface area (Å²) in [5.74, 6) is 0.603. The molecule has 0 bridgehead atoms. The minimum Gasteiger partial charge on any atom is -0.465 e. The molecule has 1 aliphatic heterocycles. The monoisotopic (exact) mass is 430 g/mol. The van der Waals surface area contributed by atoms with Crippen molar-refractivity contribution in [3.05, 3.63) is 72.7 Å². The van der Waals surface area contributed by atoms with Gasteiger partial charge in [-0.05, 0) is 43.2 Å². The Kier molecular flexibility index (Phi) is 5.70. The van der Waals surface area contributed by atoms with E-state index in [2.05, 4.69) is 19.9 Å². The predicted molar refractivity (Wildman–Crippen MR) is 122 cm³/mol. The first-order chi connectivity index (χ1) is 15.6. The number of aliphatic hydroxyl groups excluding tert-OH is 1. The third kappa shape index (κ3) is 4.41. The molecule has 2 aromatic heterocycles. The summed E-state index contributed by atoms with van der Waals surface area (Å²) in [7, 11) is 0. The number of likely N-dealkylation sites (tertiary alicyclic amines) is 1. The van der Waals surface area contributed by atoms with Gasteiger partial charge in [0.2, 0.25) is 0 Å². The summed E-state index contributed by atoms with van der Waals surface area (Å²) >= 11 is 0. The number of para-hydroxylation sites is 2. The lowest BCUT2D eigenvalue weighted by Crippen LogP contribution is -2.44. The van der Waals surface area contributed by atoms with Crippen molar-refractivity contribution in [1.29, 1.82) is 0 Å². The third-order valence-electron chi connectivity index (χ3n) is 6.15. The first kappa shape index (κ1) is 20.8. The Bertz CT molecular complexity index is 1220. The van der Waals surface area contributed by atoms with Gasteiger partial charge in [0.05, 0.1) is 28.4 Å². The molecule has 0 radical (unpaired) electrons. The van der Waals surface area contributed by atoms with E-state index in [1.165, 1.54) is 0 Å². The Morgan fingerprint density at radius 1 is 0.969 bits per heavy atom. The maximum absolute atomic E-state index is 11.2. The van der Waals surface area contributed by atoms with Crippen LogP contribution in [0.3, 0.4) is 0 Å². The minimum atomic E-state index is -0.971. The van der Waals surface area contributed by atoms with E-state index < -0.39 is 11.9 Å². The molecular formula is C25H26N4O3. The molecule has 0 saturated carbocycles. The van der Waals surface area contributed by atoms with Crippen molar-refractivity contribution in [2.45, 2.75) is 31.2 Å². The van der Waals surface area contributed by atoms with Gasteiger partial charge in [0.15, 0.2) is 6.29 Å². The molecule has 1 aliphatic rings. The van der Waals surface area contributed by atoms with E-state index in [1.807, 2.05) is 54.6 Å². The molecule has 164 valence electrons. The molecule has 5 rings (SSSR count). The number of aliphatic hydroxyl groups is 2. The van der Waals surface area contributed by atoms with Crippen LogP contribution in [0.1, 0.15) is 25.0 Å². The Morgan fingerprint density at radius 3 is 2.62 bits per heavy atom. The van der Waals surface area contributed by atoms with Crippen LogP contribution in [0.4, 0.5) is 0 Å². The van der Waals surface area contributed by atoms with Crippen LogP contribution in [0, 0.1) is 0 Å². The Balaban J connectivity index is 1.14. The first-order valence-corrected chi connectivity index (χ1v) is 11.0. The summed E-state index contributed by atoms with van der Waals surface area (Å²) in [5.41, 5.74) is 2.12. The van der Waals surface area contributed by atoms with Crippen molar-refractivity contribution in [3.63, 3.8) is 0 Å². The van der Waals surface area contributed by atoms with Crippen LogP contribution in [0.25, 0.3) is 21.9 Å². The van der Waals surface area contributed by atoms with Crippen LogP contribution in [0.2, 0.25) is 0 Å². The molecular weight excluding hydrogens is 404 g/mol. The molecule has 1 unspecified atom stereocenters. The van der Waals surface area contributed by atoms with E-state index in [1.54, 1.807) is 12.4 Å². The SMILES string of the molecule is OC(CCN1CCC(O)(c2cnc3ccccc3n2)CC1)Oc1ccc2cccnc2c1. The van der Waals surface area contributed by atoms with Gasteiger partial charge in [-0.15, -0.1) is 0 Å². The van der Waals surface area contributed by atoms with Crippen molar-refractivity contribution in [2.75, 3.05) is 19.6 Å². The molecule has 32 heavy (non-hydrogen) atoms. The van der Waals surface area contributed by atoms with Gasteiger partial charge in [-0.2, -0.15) is 0 Å². The van der Waals surface area contributed by atoms with Gasteiger partial charge in [-0.25, -0.2) is 4.98 Å². The summed E-state index contributed by atoms with van der Waals surface area (Å²) in [4.78, 5) is 15.6. The Hall–Kier alpha value is -3.13. The highest BCUT2D eigenvalue weighted by atomic mass is 16.6. The maximum atomic E-state index is 11.2. The van der Waals surface area contributed by atoms with Crippen LogP contribution < -0.4 is 4.74 Å². The molecule has 0 spiro atoms. The fourth-order valence-electron chi connectivity index (χ4n) is 4.21. The van der Waals surface area contributed by atoms with E-state index in [9.17, 15) is 10.2 Å². The maximum Gasteiger partial charge on any atom is 0.198 e.